The highest BCUT2D eigenvalue weighted by molar-refractivity contribution is 6.32. The van der Waals surface area contributed by atoms with Gasteiger partial charge in [0.1, 0.15) is 17.6 Å². The Morgan fingerprint density at radius 2 is 2.20 bits per heavy atom. The van der Waals surface area contributed by atoms with E-state index in [-0.39, 0.29) is 10.6 Å². The van der Waals surface area contributed by atoms with Crippen molar-refractivity contribution >= 4 is 17.6 Å². The maximum atomic E-state index is 13.5. The Morgan fingerprint density at radius 1 is 1.67 bits per heavy atom. The van der Waals surface area contributed by atoms with Gasteiger partial charge in [-0.3, -0.25) is 4.79 Å². The Bertz CT molecular complexity index is 396. The second-order valence-corrected chi connectivity index (χ2v) is 3.47. The number of hydrogen-bond donors (Lipinski definition) is 3. The van der Waals surface area contributed by atoms with Gasteiger partial charge in [0.05, 0.1) is 10.6 Å². The molecule has 0 aliphatic carbocycles. The molecule has 0 spiro atoms. The van der Waals surface area contributed by atoms with Gasteiger partial charge in [-0.15, -0.1) is 0 Å². The van der Waals surface area contributed by atoms with Crippen LogP contribution in [0.5, 0.6) is 5.75 Å². The van der Waals surface area contributed by atoms with Crippen LogP contribution in [0.15, 0.2) is 6.07 Å². The van der Waals surface area contributed by atoms with Crippen molar-refractivity contribution in [2.45, 2.75) is 13.0 Å². The van der Waals surface area contributed by atoms with Gasteiger partial charge in [-0.2, -0.15) is 0 Å². The number of aliphatic carboxylic acids is 1. The third-order valence-corrected chi connectivity index (χ3v) is 2.27. The van der Waals surface area contributed by atoms with Crippen molar-refractivity contribution in [2.75, 3.05) is 0 Å². The zero-order valence-electron chi connectivity index (χ0n) is 7.79. The Morgan fingerprint density at radius 3 is 2.67 bits per heavy atom. The molecule has 15 heavy (non-hydrogen) atoms. The number of carbonyl (C=O) groups is 1. The highest BCUT2D eigenvalue weighted by atomic mass is 35.5. The first-order chi connectivity index (χ1) is 6.86. The molecule has 82 valence electrons. The average Bonchev–Trinajstić information content (AvgIpc) is 2.15. The van der Waals surface area contributed by atoms with Crippen molar-refractivity contribution in [1.29, 1.82) is 0 Å². The van der Waals surface area contributed by atoms with Gasteiger partial charge < -0.3 is 15.9 Å². The average molecular weight is 234 g/mol. The number of rotatable bonds is 2. The maximum Gasteiger partial charge on any atom is 0.325 e. The van der Waals surface area contributed by atoms with Gasteiger partial charge in [0, 0.05) is 0 Å². The monoisotopic (exact) mass is 233 g/mol. The van der Waals surface area contributed by atoms with Crippen molar-refractivity contribution in [1.82, 2.24) is 0 Å². The van der Waals surface area contributed by atoms with E-state index in [2.05, 4.69) is 0 Å². The van der Waals surface area contributed by atoms with E-state index in [0.29, 0.717) is 0 Å². The molecule has 0 heterocycles. The van der Waals surface area contributed by atoms with Crippen LogP contribution in [0.25, 0.3) is 0 Å². The molecule has 0 saturated carbocycles. The van der Waals surface area contributed by atoms with E-state index >= 15 is 0 Å². The molecule has 0 aliphatic heterocycles. The summed E-state index contributed by atoms with van der Waals surface area (Å²) in [6, 6.07) is -0.438. The summed E-state index contributed by atoms with van der Waals surface area (Å²) >= 11 is 5.57. The summed E-state index contributed by atoms with van der Waals surface area (Å²) < 4.78 is 13.5. The Kier molecular flexibility index (Phi) is 3.16. The number of benzene rings is 1. The lowest BCUT2D eigenvalue weighted by molar-refractivity contribution is -0.138. The molecular formula is C9H9ClFNO3. The van der Waals surface area contributed by atoms with Crippen molar-refractivity contribution in [3.05, 3.63) is 28.0 Å². The lowest BCUT2D eigenvalue weighted by Crippen LogP contribution is -2.22. The summed E-state index contributed by atoms with van der Waals surface area (Å²) in [7, 11) is 0. The van der Waals surface area contributed by atoms with E-state index in [9.17, 15) is 14.3 Å². The first-order valence-electron chi connectivity index (χ1n) is 4.02. The number of aryl methyl sites for hydroxylation is 1. The zero-order chi connectivity index (χ0) is 11.7. The second kappa shape index (κ2) is 4.04. The predicted molar refractivity (Wildman–Crippen MR) is 52.4 cm³/mol. The van der Waals surface area contributed by atoms with Crippen LogP contribution in [0.3, 0.4) is 0 Å². The summed E-state index contributed by atoms with van der Waals surface area (Å²) in [6.45, 7) is 1.40. The third kappa shape index (κ3) is 2.03. The summed E-state index contributed by atoms with van der Waals surface area (Å²) in [4.78, 5) is 10.6. The van der Waals surface area contributed by atoms with Crippen LogP contribution >= 0.6 is 11.6 Å². The summed E-state index contributed by atoms with van der Waals surface area (Å²) in [5.74, 6) is -2.92. The Balaban J connectivity index is 3.45. The molecule has 4 N–H and O–H groups in total. The molecule has 0 bridgehead atoms. The fraction of sp³-hybridized carbons (Fsp3) is 0.222. The van der Waals surface area contributed by atoms with E-state index in [1.165, 1.54) is 13.0 Å². The molecule has 1 rings (SSSR count). The van der Waals surface area contributed by atoms with Gasteiger partial charge in [0.2, 0.25) is 0 Å². The number of hydrogen-bond acceptors (Lipinski definition) is 3. The van der Waals surface area contributed by atoms with Crippen LogP contribution in [-0.4, -0.2) is 16.2 Å². The number of phenols is 1. The number of carboxylic acids is 1. The second-order valence-electron chi connectivity index (χ2n) is 3.07. The van der Waals surface area contributed by atoms with Crippen LogP contribution in [0, 0.1) is 12.7 Å². The van der Waals surface area contributed by atoms with Crippen LogP contribution in [0.1, 0.15) is 17.2 Å². The van der Waals surface area contributed by atoms with E-state index in [4.69, 9.17) is 22.4 Å². The smallest absolute Gasteiger partial charge is 0.325 e. The van der Waals surface area contributed by atoms with Crippen molar-refractivity contribution in [3.63, 3.8) is 0 Å². The number of halogens is 2. The van der Waals surface area contributed by atoms with Gasteiger partial charge in [0.25, 0.3) is 0 Å². The van der Waals surface area contributed by atoms with Crippen LogP contribution in [0.4, 0.5) is 4.39 Å². The van der Waals surface area contributed by atoms with E-state index in [1.54, 1.807) is 0 Å². The molecule has 1 atom stereocenters. The molecule has 0 aliphatic rings. The first kappa shape index (κ1) is 11.7. The minimum absolute atomic E-state index is 0.124. The number of aromatic hydroxyl groups is 1. The van der Waals surface area contributed by atoms with Gasteiger partial charge in [-0.05, 0) is 18.6 Å². The predicted octanol–water partition coefficient (Wildman–Crippen LogP) is 1.58. The number of carboxylic acid groups (broad SMARTS) is 1. The number of phenolic OH excluding ortho intramolecular Hbond substituents is 1. The van der Waals surface area contributed by atoms with Gasteiger partial charge >= 0.3 is 5.97 Å². The van der Waals surface area contributed by atoms with Crippen LogP contribution in [0.2, 0.25) is 5.02 Å². The lowest BCUT2D eigenvalue weighted by Gasteiger charge is -2.13. The molecule has 0 fully saturated rings. The number of nitrogens with two attached hydrogens (primary N) is 1. The minimum Gasteiger partial charge on any atom is -0.506 e. The molecule has 0 saturated heterocycles. The minimum atomic E-state index is -1.64. The summed E-state index contributed by atoms with van der Waals surface area (Å²) in [6.07, 6.45) is 0. The van der Waals surface area contributed by atoms with Crippen LogP contribution < -0.4 is 5.73 Å². The van der Waals surface area contributed by atoms with Gasteiger partial charge in [-0.1, -0.05) is 11.6 Å². The fourth-order valence-corrected chi connectivity index (χ4v) is 1.44. The quantitative estimate of drug-likeness (QED) is 0.724. The highest BCUT2D eigenvalue weighted by Gasteiger charge is 2.25. The SMILES string of the molecule is Cc1cc(Cl)c(O)c(C(N)C(=O)O)c1F. The molecular weight excluding hydrogens is 225 g/mol. The molecule has 0 radical (unpaired) electrons. The van der Waals surface area contributed by atoms with E-state index in [1.807, 2.05) is 0 Å². The van der Waals surface area contributed by atoms with E-state index < -0.39 is 29.1 Å². The molecule has 1 unspecified atom stereocenters. The molecule has 4 nitrogen and oxygen atoms in total. The fourth-order valence-electron chi connectivity index (χ4n) is 1.17. The van der Waals surface area contributed by atoms with Crippen molar-refractivity contribution in [2.24, 2.45) is 5.73 Å². The lowest BCUT2D eigenvalue weighted by atomic mass is 10.0. The normalized spacial score (nSPS) is 12.5. The van der Waals surface area contributed by atoms with Gasteiger partial charge in [-0.25, -0.2) is 4.39 Å². The van der Waals surface area contributed by atoms with E-state index in [0.717, 1.165) is 0 Å². The van der Waals surface area contributed by atoms with Crippen molar-refractivity contribution < 1.29 is 19.4 Å². The van der Waals surface area contributed by atoms with Crippen molar-refractivity contribution in [3.8, 4) is 5.75 Å². The first-order valence-corrected chi connectivity index (χ1v) is 4.40. The topological polar surface area (TPSA) is 83.5 Å². The summed E-state index contributed by atoms with van der Waals surface area (Å²) in [5, 5.41) is 17.9. The summed E-state index contributed by atoms with van der Waals surface area (Å²) in [5.41, 5.74) is 4.86. The maximum absolute atomic E-state index is 13.5. The van der Waals surface area contributed by atoms with Gasteiger partial charge in [0.15, 0.2) is 0 Å². The van der Waals surface area contributed by atoms with Crippen LogP contribution in [-0.2, 0) is 4.79 Å². The molecule has 0 amide bonds. The molecule has 6 heteroatoms. The largest absolute Gasteiger partial charge is 0.506 e. The molecule has 0 aromatic heterocycles. The standard InChI is InChI=1S/C9H9ClFNO3/c1-3-2-4(10)8(13)5(6(3)11)7(12)9(14)15/h2,7,13H,12H2,1H3,(H,14,15). The molecule has 1 aromatic carbocycles. The Labute approximate surface area is 90.1 Å². The zero-order valence-corrected chi connectivity index (χ0v) is 8.55. The highest BCUT2D eigenvalue weighted by Crippen LogP contribution is 2.34. The Hall–Kier alpha value is -1.33. The third-order valence-electron chi connectivity index (χ3n) is 1.98. The molecule has 1 aromatic rings.